The van der Waals surface area contributed by atoms with Crippen LogP contribution in [0, 0.1) is 11.8 Å². The van der Waals surface area contributed by atoms with Crippen LogP contribution in [0.25, 0.3) is 0 Å². The molecule has 2 saturated heterocycles. The Labute approximate surface area is 149 Å². The van der Waals surface area contributed by atoms with Crippen LogP contribution in [0.2, 0.25) is 0 Å². The van der Waals surface area contributed by atoms with Gasteiger partial charge in [0, 0.05) is 52.4 Å². The SMILES string of the molecule is CCNC(=NCCCCN1CCN(C)CC1)N1CC(C)CC(C)C1. The second-order valence-electron chi connectivity index (χ2n) is 7.94. The van der Waals surface area contributed by atoms with Gasteiger partial charge in [0.2, 0.25) is 0 Å². The maximum atomic E-state index is 4.91. The minimum absolute atomic E-state index is 0.773. The number of rotatable bonds is 6. The summed E-state index contributed by atoms with van der Waals surface area (Å²) in [4.78, 5) is 12.4. The number of guanidine groups is 1. The van der Waals surface area contributed by atoms with Gasteiger partial charge in [-0.2, -0.15) is 0 Å². The molecule has 2 aliphatic rings. The van der Waals surface area contributed by atoms with E-state index < -0.39 is 0 Å². The number of hydrogen-bond acceptors (Lipinski definition) is 3. The summed E-state index contributed by atoms with van der Waals surface area (Å²) in [6.45, 7) is 17.2. The third kappa shape index (κ3) is 6.60. The molecule has 0 amide bonds. The molecule has 0 aliphatic carbocycles. The van der Waals surface area contributed by atoms with Crippen molar-refractivity contribution in [1.29, 1.82) is 0 Å². The van der Waals surface area contributed by atoms with Crippen molar-refractivity contribution in [2.75, 3.05) is 66.0 Å². The Morgan fingerprint density at radius 2 is 1.71 bits per heavy atom. The largest absolute Gasteiger partial charge is 0.357 e. The van der Waals surface area contributed by atoms with Gasteiger partial charge < -0.3 is 20.0 Å². The predicted octanol–water partition coefficient (Wildman–Crippen LogP) is 1.96. The van der Waals surface area contributed by atoms with Gasteiger partial charge >= 0.3 is 0 Å². The lowest BCUT2D eigenvalue weighted by molar-refractivity contribution is 0.152. The van der Waals surface area contributed by atoms with E-state index in [0.29, 0.717) is 0 Å². The Kier molecular flexibility index (Phi) is 8.33. The monoisotopic (exact) mass is 337 g/mol. The van der Waals surface area contributed by atoms with Crippen molar-refractivity contribution in [3.8, 4) is 0 Å². The van der Waals surface area contributed by atoms with Crippen LogP contribution in [-0.2, 0) is 0 Å². The van der Waals surface area contributed by atoms with Gasteiger partial charge in [0.15, 0.2) is 5.96 Å². The van der Waals surface area contributed by atoms with Crippen LogP contribution in [0.5, 0.6) is 0 Å². The van der Waals surface area contributed by atoms with Crippen molar-refractivity contribution in [3.63, 3.8) is 0 Å². The number of aliphatic imine (C=N–C) groups is 1. The molecule has 2 atom stereocenters. The Bertz CT molecular complexity index is 366. The second kappa shape index (κ2) is 10.2. The Balaban J connectivity index is 1.70. The van der Waals surface area contributed by atoms with Gasteiger partial charge in [-0.15, -0.1) is 0 Å². The number of piperazine rings is 1. The van der Waals surface area contributed by atoms with Gasteiger partial charge in [-0.25, -0.2) is 0 Å². The normalized spacial score (nSPS) is 27.5. The molecular formula is C19H39N5. The minimum Gasteiger partial charge on any atom is -0.357 e. The summed E-state index contributed by atoms with van der Waals surface area (Å²) in [5, 5.41) is 3.50. The van der Waals surface area contributed by atoms with Crippen molar-refractivity contribution < 1.29 is 0 Å². The smallest absolute Gasteiger partial charge is 0.193 e. The van der Waals surface area contributed by atoms with E-state index in [9.17, 15) is 0 Å². The highest BCUT2D eigenvalue weighted by Gasteiger charge is 2.23. The standard InChI is InChI=1S/C19H39N5/c1-5-20-19(24-15-17(2)14-18(3)16-24)21-8-6-7-9-23-12-10-22(4)11-13-23/h17-18H,5-16H2,1-4H3,(H,20,21). The summed E-state index contributed by atoms with van der Waals surface area (Å²) in [5.74, 6) is 2.68. The number of nitrogens with one attached hydrogen (secondary N) is 1. The van der Waals surface area contributed by atoms with Gasteiger partial charge in [0.1, 0.15) is 0 Å². The Morgan fingerprint density at radius 3 is 2.33 bits per heavy atom. The average Bonchev–Trinajstić information content (AvgIpc) is 2.54. The number of unbranched alkanes of at least 4 members (excludes halogenated alkanes) is 1. The first-order valence-electron chi connectivity index (χ1n) is 10.0. The first kappa shape index (κ1) is 19.5. The van der Waals surface area contributed by atoms with Gasteiger partial charge in [-0.1, -0.05) is 13.8 Å². The molecule has 5 heteroatoms. The van der Waals surface area contributed by atoms with Crippen molar-refractivity contribution in [1.82, 2.24) is 20.0 Å². The zero-order valence-corrected chi connectivity index (χ0v) is 16.4. The summed E-state index contributed by atoms with van der Waals surface area (Å²) in [7, 11) is 2.22. The van der Waals surface area contributed by atoms with Crippen molar-refractivity contribution in [2.45, 2.75) is 40.0 Å². The molecule has 5 nitrogen and oxygen atoms in total. The van der Waals surface area contributed by atoms with Crippen LogP contribution in [0.15, 0.2) is 4.99 Å². The molecule has 2 rings (SSSR count). The molecule has 0 spiro atoms. The quantitative estimate of drug-likeness (QED) is 0.456. The zero-order valence-electron chi connectivity index (χ0n) is 16.4. The fourth-order valence-electron chi connectivity index (χ4n) is 3.97. The summed E-state index contributed by atoms with van der Waals surface area (Å²) in [5.41, 5.74) is 0. The molecular weight excluding hydrogens is 298 g/mol. The number of hydrogen-bond donors (Lipinski definition) is 1. The third-order valence-electron chi connectivity index (χ3n) is 5.24. The molecule has 0 radical (unpaired) electrons. The summed E-state index contributed by atoms with van der Waals surface area (Å²) >= 11 is 0. The van der Waals surface area contributed by atoms with Crippen LogP contribution >= 0.6 is 0 Å². The summed E-state index contributed by atoms with van der Waals surface area (Å²) < 4.78 is 0. The maximum absolute atomic E-state index is 4.91. The molecule has 2 aliphatic heterocycles. The van der Waals surface area contributed by atoms with E-state index in [2.05, 4.69) is 47.8 Å². The van der Waals surface area contributed by atoms with Crippen molar-refractivity contribution in [3.05, 3.63) is 0 Å². The highest BCUT2D eigenvalue weighted by atomic mass is 15.3. The van der Waals surface area contributed by atoms with E-state index in [4.69, 9.17) is 4.99 Å². The van der Waals surface area contributed by atoms with E-state index in [-0.39, 0.29) is 0 Å². The topological polar surface area (TPSA) is 34.1 Å². The summed E-state index contributed by atoms with van der Waals surface area (Å²) in [6.07, 6.45) is 3.81. The molecule has 0 saturated carbocycles. The highest BCUT2D eigenvalue weighted by molar-refractivity contribution is 5.80. The number of piperidine rings is 1. The van der Waals surface area contributed by atoms with Gasteiger partial charge in [0.25, 0.3) is 0 Å². The average molecular weight is 338 g/mol. The lowest BCUT2D eigenvalue weighted by atomic mass is 9.92. The van der Waals surface area contributed by atoms with E-state index in [1.54, 1.807) is 0 Å². The zero-order chi connectivity index (χ0) is 17.4. The Hall–Kier alpha value is -0.810. The highest BCUT2D eigenvalue weighted by Crippen LogP contribution is 2.20. The van der Waals surface area contributed by atoms with Crippen molar-refractivity contribution in [2.24, 2.45) is 16.8 Å². The molecule has 0 aromatic rings. The maximum Gasteiger partial charge on any atom is 0.193 e. The number of likely N-dealkylation sites (N-methyl/N-ethyl adjacent to an activating group) is 1. The third-order valence-corrected chi connectivity index (χ3v) is 5.24. The minimum atomic E-state index is 0.773. The lowest BCUT2D eigenvalue weighted by Gasteiger charge is -2.37. The van der Waals surface area contributed by atoms with E-state index in [0.717, 1.165) is 44.0 Å². The van der Waals surface area contributed by atoms with Crippen LogP contribution in [0.1, 0.15) is 40.0 Å². The first-order chi connectivity index (χ1) is 11.6. The molecule has 2 fully saturated rings. The molecule has 0 bridgehead atoms. The summed E-state index contributed by atoms with van der Waals surface area (Å²) in [6, 6.07) is 0. The van der Waals surface area contributed by atoms with Gasteiger partial charge in [-0.05, 0) is 51.6 Å². The molecule has 0 aromatic heterocycles. The van der Waals surface area contributed by atoms with Gasteiger partial charge in [0.05, 0.1) is 0 Å². The van der Waals surface area contributed by atoms with Crippen LogP contribution in [0.3, 0.4) is 0 Å². The fraction of sp³-hybridized carbons (Fsp3) is 0.947. The molecule has 2 unspecified atom stereocenters. The second-order valence-corrected chi connectivity index (χ2v) is 7.94. The van der Waals surface area contributed by atoms with Crippen LogP contribution in [-0.4, -0.2) is 86.6 Å². The van der Waals surface area contributed by atoms with E-state index in [1.807, 2.05) is 0 Å². The number of nitrogens with zero attached hydrogens (tertiary/aromatic N) is 4. The molecule has 1 N–H and O–H groups in total. The fourth-order valence-corrected chi connectivity index (χ4v) is 3.97. The van der Waals surface area contributed by atoms with Crippen LogP contribution < -0.4 is 5.32 Å². The van der Waals surface area contributed by atoms with Gasteiger partial charge in [-0.3, -0.25) is 4.99 Å². The lowest BCUT2D eigenvalue weighted by Crippen LogP contribution is -2.48. The first-order valence-corrected chi connectivity index (χ1v) is 10.0. The van der Waals surface area contributed by atoms with E-state index >= 15 is 0 Å². The molecule has 140 valence electrons. The Morgan fingerprint density at radius 1 is 1.04 bits per heavy atom. The van der Waals surface area contributed by atoms with Crippen molar-refractivity contribution >= 4 is 5.96 Å². The number of likely N-dealkylation sites (tertiary alicyclic amines) is 1. The van der Waals surface area contributed by atoms with E-state index in [1.165, 1.54) is 52.0 Å². The molecule has 0 aromatic carbocycles. The van der Waals surface area contributed by atoms with Crippen LogP contribution in [0.4, 0.5) is 0 Å². The molecule has 24 heavy (non-hydrogen) atoms. The predicted molar refractivity (Wildman–Crippen MR) is 104 cm³/mol. The molecule has 2 heterocycles.